The van der Waals surface area contributed by atoms with Crippen molar-refractivity contribution in [3.63, 3.8) is 0 Å². The summed E-state index contributed by atoms with van der Waals surface area (Å²) < 4.78 is 0. The minimum Gasteiger partial charge on any atom is -0.304 e. The number of Topliss-reactive ketones (excluding diaryl/α,β-unsaturated/α-hetero) is 1. The molecule has 0 saturated carbocycles. The lowest BCUT2D eigenvalue weighted by Crippen LogP contribution is -2.30. The first-order valence-electron chi connectivity index (χ1n) is 4.75. The summed E-state index contributed by atoms with van der Waals surface area (Å²) in [4.78, 5) is 34.8. The zero-order valence-corrected chi connectivity index (χ0v) is 9.03. The first kappa shape index (κ1) is 10.8. The number of aldehydes is 1. The van der Waals surface area contributed by atoms with Gasteiger partial charge in [0, 0.05) is 13.0 Å². The Morgan fingerprint density at radius 1 is 1.31 bits per heavy atom. The predicted octanol–water partition coefficient (Wildman–Crippen LogP) is 1.46. The van der Waals surface area contributed by atoms with Crippen molar-refractivity contribution in [2.45, 2.75) is 6.42 Å². The van der Waals surface area contributed by atoms with Crippen LogP contribution in [0.3, 0.4) is 0 Å². The average molecular weight is 238 g/mol. The highest BCUT2D eigenvalue weighted by Crippen LogP contribution is 2.33. The van der Waals surface area contributed by atoms with E-state index in [-0.39, 0.29) is 23.6 Å². The Kier molecular flexibility index (Phi) is 2.75. The van der Waals surface area contributed by atoms with E-state index in [2.05, 4.69) is 0 Å². The van der Waals surface area contributed by atoms with Crippen LogP contribution in [0, 0.1) is 0 Å². The molecule has 0 bridgehead atoms. The summed E-state index contributed by atoms with van der Waals surface area (Å²) in [6, 6.07) is 4.88. The molecular weight excluding hydrogens is 230 g/mol. The van der Waals surface area contributed by atoms with Crippen LogP contribution >= 0.6 is 11.6 Å². The largest absolute Gasteiger partial charge is 0.304 e. The second-order valence-electron chi connectivity index (χ2n) is 3.38. The number of halogens is 1. The Hall–Kier alpha value is -1.68. The van der Waals surface area contributed by atoms with Crippen molar-refractivity contribution in [1.82, 2.24) is 0 Å². The molecule has 4 nitrogen and oxygen atoms in total. The van der Waals surface area contributed by atoms with Crippen LogP contribution in [0.2, 0.25) is 5.02 Å². The highest BCUT2D eigenvalue weighted by Gasteiger charge is 2.36. The van der Waals surface area contributed by atoms with E-state index in [1.54, 1.807) is 18.2 Å². The summed E-state index contributed by atoms with van der Waals surface area (Å²) in [6.07, 6.45) is 0.908. The minimum absolute atomic E-state index is 0.199. The van der Waals surface area contributed by atoms with E-state index in [1.807, 2.05) is 0 Å². The number of carbonyl (C=O) groups excluding carboxylic acids is 3. The van der Waals surface area contributed by atoms with Crippen LogP contribution in [-0.2, 0) is 9.59 Å². The SMILES string of the molecule is O=CCCN1C(=O)C(=O)c2c(Cl)cccc21. The van der Waals surface area contributed by atoms with E-state index in [9.17, 15) is 14.4 Å². The molecule has 0 atom stereocenters. The molecule has 0 spiro atoms. The number of hydrogen-bond acceptors (Lipinski definition) is 3. The maximum Gasteiger partial charge on any atom is 0.299 e. The summed E-state index contributed by atoms with van der Waals surface area (Å²) >= 11 is 5.86. The van der Waals surface area contributed by atoms with Gasteiger partial charge >= 0.3 is 0 Å². The molecule has 82 valence electrons. The van der Waals surface area contributed by atoms with Crippen molar-refractivity contribution in [3.05, 3.63) is 28.8 Å². The first-order valence-corrected chi connectivity index (χ1v) is 5.13. The fourth-order valence-corrected chi connectivity index (χ4v) is 1.96. The lowest BCUT2D eigenvalue weighted by atomic mass is 10.1. The molecule has 1 heterocycles. The van der Waals surface area contributed by atoms with Crippen LogP contribution in [0.4, 0.5) is 5.69 Å². The van der Waals surface area contributed by atoms with Gasteiger partial charge in [-0.1, -0.05) is 17.7 Å². The van der Waals surface area contributed by atoms with Crippen molar-refractivity contribution in [3.8, 4) is 0 Å². The number of rotatable bonds is 3. The Labute approximate surface area is 96.8 Å². The third-order valence-corrected chi connectivity index (χ3v) is 2.73. The summed E-state index contributed by atoms with van der Waals surface area (Å²) in [5, 5.41) is 0.268. The number of amides is 1. The number of carbonyl (C=O) groups is 3. The first-order chi connectivity index (χ1) is 7.66. The molecule has 0 aromatic heterocycles. The zero-order valence-electron chi connectivity index (χ0n) is 8.27. The quantitative estimate of drug-likeness (QED) is 0.591. The van der Waals surface area contributed by atoms with Gasteiger partial charge in [0.05, 0.1) is 16.3 Å². The van der Waals surface area contributed by atoms with E-state index in [1.165, 1.54) is 4.90 Å². The van der Waals surface area contributed by atoms with Gasteiger partial charge in [-0.2, -0.15) is 0 Å². The van der Waals surface area contributed by atoms with Crippen molar-refractivity contribution < 1.29 is 14.4 Å². The van der Waals surface area contributed by atoms with Crippen molar-refractivity contribution in [2.75, 3.05) is 11.4 Å². The smallest absolute Gasteiger partial charge is 0.299 e. The molecule has 0 saturated heterocycles. The second-order valence-corrected chi connectivity index (χ2v) is 3.78. The molecule has 1 aromatic carbocycles. The van der Waals surface area contributed by atoms with Crippen molar-refractivity contribution in [2.24, 2.45) is 0 Å². The Balaban J connectivity index is 2.46. The van der Waals surface area contributed by atoms with Gasteiger partial charge in [0.25, 0.3) is 11.7 Å². The van der Waals surface area contributed by atoms with Crippen LogP contribution in [0.15, 0.2) is 18.2 Å². The van der Waals surface area contributed by atoms with Crippen LogP contribution in [0.1, 0.15) is 16.8 Å². The number of anilines is 1. The standard InChI is InChI=1S/C11H8ClNO3/c12-7-3-1-4-8-9(7)10(15)11(16)13(8)5-2-6-14/h1,3-4,6H,2,5H2. The van der Waals surface area contributed by atoms with Gasteiger partial charge in [0.2, 0.25) is 0 Å². The number of nitrogens with zero attached hydrogens (tertiary/aromatic N) is 1. The molecule has 0 fully saturated rings. The van der Waals surface area contributed by atoms with Gasteiger partial charge in [-0.3, -0.25) is 9.59 Å². The molecule has 0 aliphatic carbocycles. The number of benzene rings is 1. The summed E-state index contributed by atoms with van der Waals surface area (Å²) in [7, 11) is 0. The van der Waals surface area contributed by atoms with Crippen LogP contribution < -0.4 is 4.90 Å². The maximum absolute atomic E-state index is 11.6. The maximum atomic E-state index is 11.6. The average Bonchev–Trinajstić information content (AvgIpc) is 2.51. The summed E-state index contributed by atoms with van der Waals surface area (Å²) in [5.74, 6) is -1.23. The third-order valence-electron chi connectivity index (χ3n) is 2.42. The van der Waals surface area contributed by atoms with Gasteiger partial charge in [-0.05, 0) is 12.1 Å². The molecule has 1 aliphatic heterocycles. The molecule has 0 radical (unpaired) electrons. The van der Waals surface area contributed by atoms with Crippen LogP contribution in [0.5, 0.6) is 0 Å². The normalized spacial score (nSPS) is 14.2. The number of hydrogen-bond donors (Lipinski definition) is 0. The molecule has 0 unspecified atom stereocenters. The van der Waals surface area contributed by atoms with Crippen LogP contribution in [0.25, 0.3) is 0 Å². The van der Waals surface area contributed by atoms with E-state index in [0.717, 1.165) is 0 Å². The van der Waals surface area contributed by atoms with E-state index < -0.39 is 11.7 Å². The lowest BCUT2D eigenvalue weighted by molar-refractivity contribution is -0.114. The molecule has 0 N–H and O–H groups in total. The van der Waals surface area contributed by atoms with Gasteiger partial charge in [0.15, 0.2) is 0 Å². The van der Waals surface area contributed by atoms with Crippen molar-refractivity contribution >= 4 is 35.3 Å². The highest BCUT2D eigenvalue weighted by atomic mass is 35.5. The molecule has 16 heavy (non-hydrogen) atoms. The fourth-order valence-electron chi connectivity index (χ4n) is 1.71. The van der Waals surface area contributed by atoms with Gasteiger partial charge in [-0.15, -0.1) is 0 Å². The molecule has 2 rings (SSSR count). The van der Waals surface area contributed by atoms with Crippen molar-refractivity contribution in [1.29, 1.82) is 0 Å². The molecule has 1 amide bonds. The van der Waals surface area contributed by atoms with Gasteiger partial charge in [0.1, 0.15) is 6.29 Å². The summed E-state index contributed by atoms with van der Waals surface area (Å²) in [6.45, 7) is 0.210. The fraction of sp³-hybridized carbons (Fsp3) is 0.182. The minimum atomic E-state index is -0.620. The van der Waals surface area contributed by atoms with Crippen LogP contribution in [-0.4, -0.2) is 24.5 Å². The Morgan fingerprint density at radius 3 is 2.75 bits per heavy atom. The van der Waals surface area contributed by atoms with Gasteiger partial charge in [-0.25, -0.2) is 0 Å². The Morgan fingerprint density at radius 2 is 2.06 bits per heavy atom. The van der Waals surface area contributed by atoms with E-state index >= 15 is 0 Å². The lowest BCUT2D eigenvalue weighted by Gasteiger charge is -2.14. The Bertz CT molecular complexity index is 484. The second kappa shape index (κ2) is 4.06. The molecule has 5 heteroatoms. The molecular formula is C11H8ClNO3. The number of fused-ring (bicyclic) bond motifs is 1. The van der Waals surface area contributed by atoms with E-state index in [4.69, 9.17) is 11.6 Å². The monoisotopic (exact) mass is 237 g/mol. The van der Waals surface area contributed by atoms with Gasteiger partial charge < -0.3 is 9.69 Å². The zero-order chi connectivity index (χ0) is 11.7. The predicted molar refractivity (Wildman–Crippen MR) is 58.8 cm³/mol. The number of ketones is 1. The topological polar surface area (TPSA) is 54.5 Å². The van der Waals surface area contributed by atoms with E-state index in [0.29, 0.717) is 12.0 Å². The third kappa shape index (κ3) is 1.51. The highest BCUT2D eigenvalue weighted by molar-refractivity contribution is 6.55. The summed E-state index contributed by atoms with van der Waals surface area (Å²) in [5.41, 5.74) is 0.726. The molecule has 1 aromatic rings. The molecule has 1 aliphatic rings.